The van der Waals surface area contributed by atoms with E-state index in [1.807, 2.05) is 0 Å². The van der Waals surface area contributed by atoms with Gasteiger partial charge in [-0.25, -0.2) is 0 Å². The zero-order chi connectivity index (χ0) is 29.0. The smallest absolute Gasteiger partial charge is 0.249 e. The van der Waals surface area contributed by atoms with Crippen molar-refractivity contribution in [1.29, 1.82) is 0 Å². The number of methoxy groups -OCH3 is 1. The molecule has 1 aliphatic heterocycles. The van der Waals surface area contributed by atoms with Crippen LogP contribution in [0.15, 0.2) is 42.0 Å². The number of benzene rings is 2. The Labute approximate surface area is 242 Å². The molecule has 0 aromatic heterocycles. The molecule has 10 nitrogen and oxygen atoms in total. The molecule has 4 rings (SSSR count). The highest BCUT2D eigenvalue weighted by Crippen LogP contribution is 2.51. The number of ether oxygens (including phenoxy) is 3. The highest BCUT2D eigenvalue weighted by Gasteiger charge is 2.51. The van der Waals surface area contributed by atoms with Crippen LogP contribution in [-0.2, 0) is 27.5 Å². The summed E-state index contributed by atoms with van der Waals surface area (Å²) in [5.41, 5.74) is 1.91. The zero-order valence-electron chi connectivity index (χ0n) is 22.1. The third-order valence-electron chi connectivity index (χ3n) is 6.96. The minimum Gasteiger partial charge on any atom is -0.493 e. The predicted molar refractivity (Wildman–Crippen MR) is 148 cm³/mol. The highest BCUT2D eigenvalue weighted by atomic mass is 35.5. The Balaban J connectivity index is 1.82. The lowest BCUT2D eigenvalue weighted by Crippen LogP contribution is -2.56. The van der Waals surface area contributed by atoms with E-state index in [9.17, 15) is 24.9 Å². The molecule has 0 spiro atoms. The van der Waals surface area contributed by atoms with Crippen LogP contribution in [0.3, 0.4) is 0 Å². The molecule has 0 radical (unpaired) electrons. The number of aliphatic hydroxyl groups excluding tert-OH is 3. The van der Waals surface area contributed by atoms with Crippen LogP contribution in [0.5, 0.6) is 11.5 Å². The second kappa shape index (κ2) is 13.2. The molecule has 2 aromatic carbocycles. The molecular weight excluding hydrogens is 563 g/mol. The molecule has 0 saturated heterocycles. The molecule has 0 fully saturated rings. The van der Waals surface area contributed by atoms with Crippen molar-refractivity contribution >= 4 is 35.0 Å². The van der Waals surface area contributed by atoms with Crippen LogP contribution in [0.2, 0.25) is 10.0 Å². The quantitative estimate of drug-likeness (QED) is 0.310. The number of rotatable bonds is 11. The fraction of sp³-hybridized carbons (Fsp3) is 0.429. The van der Waals surface area contributed by atoms with Gasteiger partial charge in [0, 0.05) is 40.9 Å². The highest BCUT2D eigenvalue weighted by molar-refractivity contribution is 6.35. The van der Waals surface area contributed by atoms with Crippen molar-refractivity contribution in [3.8, 4) is 11.5 Å². The second-order valence-electron chi connectivity index (χ2n) is 9.41. The predicted octanol–water partition coefficient (Wildman–Crippen LogP) is 2.18. The first-order valence-electron chi connectivity index (χ1n) is 12.8. The Kier molecular flexibility index (Phi) is 9.94. The van der Waals surface area contributed by atoms with E-state index in [-0.39, 0.29) is 38.5 Å². The molecule has 2 amide bonds. The summed E-state index contributed by atoms with van der Waals surface area (Å²) in [5, 5.41) is 34.2. The van der Waals surface area contributed by atoms with Gasteiger partial charge in [-0.15, -0.1) is 0 Å². The molecule has 0 bridgehead atoms. The van der Waals surface area contributed by atoms with Crippen molar-refractivity contribution in [3.63, 3.8) is 0 Å². The van der Waals surface area contributed by atoms with Crippen LogP contribution in [-0.4, -0.2) is 83.8 Å². The van der Waals surface area contributed by atoms with E-state index in [0.717, 1.165) is 0 Å². The van der Waals surface area contributed by atoms with Gasteiger partial charge in [0.1, 0.15) is 18.8 Å². The standard InChI is InChI=1S/C28H32Cl2N2O8/c1-3-39-14-23(35)32(12-16-4-5-17(29)10-20(16)30)21-11-19(28(37)31-6-7-33)24-18-8-15(13-34)9-22(38-2)26(18)40-27(24)25(21)36/h4-5,8-11,21,24-25,27,33-34,36H,3,6-7,12-14H2,1-2H3,(H,31,37). The van der Waals surface area contributed by atoms with Gasteiger partial charge in [-0.05, 0) is 48.4 Å². The first-order valence-corrected chi connectivity index (χ1v) is 13.6. The summed E-state index contributed by atoms with van der Waals surface area (Å²) in [6, 6.07) is 7.21. The maximum atomic E-state index is 13.4. The molecule has 1 heterocycles. The third-order valence-corrected chi connectivity index (χ3v) is 7.55. The Morgan fingerprint density at radius 1 is 1.18 bits per heavy atom. The number of nitrogens with one attached hydrogen (secondary N) is 1. The van der Waals surface area contributed by atoms with Gasteiger partial charge in [0.15, 0.2) is 11.5 Å². The number of aliphatic hydroxyl groups is 3. The number of halogens is 2. The Morgan fingerprint density at radius 3 is 2.60 bits per heavy atom. The Morgan fingerprint density at radius 2 is 1.95 bits per heavy atom. The molecule has 4 unspecified atom stereocenters. The van der Waals surface area contributed by atoms with Crippen LogP contribution < -0.4 is 14.8 Å². The molecule has 4 atom stereocenters. The SMILES string of the molecule is CCOCC(=O)N(Cc1ccc(Cl)cc1Cl)C1C=C(C(=O)NCCO)C2c3cc(CO)cc(OC)c3OC2C1O. The fourth-order valence-corrected chi connectivity index (χ4v) is 5.55. The third kappa shape index (κ3) is 6.07. The van der Waals surface area contributed by atoms with E-state index in [1.165, 1.54) is 12.0 Å². The lowest BCUT2D eigenvalue weighted by molar-refractivity contribution is -0.142. The van der Waals surface area contributed by atoms with E-state index in [2.05, 4.69) is 5.32 Å². The molecule has 40 heavy (non-hydrogen) atoms. The van der Waals surface area contributed by atoms with Gasteiger partial charge in [-0.2, -0.15) is 0 Å². The van der Waals surface area contributed by atoms with Crippen molar-refractivity contribution in [3.05, 3.63) is 68.7 Å². The van der Waals surface area contributed by atoms with Crippen LogP contribution in [0.4, 0.5) is 0 Å². The lowest BCUT2D eigenvalue weighted by atomic mass is 9.77. The summed E-state index contributed by atoms with van der Waals surface area (Å²) in [6.45, 7) is 1.25. The van der Waals surface area contributed by atoms with Gasteiger partial charge >= 0.3 is 0 Å². The van der Waals surface area contributed by atoms with E-state index in [1.54, 1.807) is 43.3 Å². The van der Waals surface area contributed by atoms with Crippen LogP contribution >= 0.6 is 23.2 Å². The van der Waals surface area contributed by atoms with Crippen molar-refractivity contribution in [2.75, 3.05) is 33.5 Å². The van der Waals surface area contributed by atoms with Gasteiger partial charge in [-0.3, -0.25) is 9.59 Å². The molecule has 12 heteroatoms. The number of carbonyl (C=O) groups is 2. The topological polar surface area (TPSA) is 138 Å². The minimum absolute atomic E-state index is 0.00185. The average Bonchev–Trinajstić information content (AvgIpc) is 3.34. The number of hydrogen-bond donors (Lipinski definition) is 4. The van der Waals surface area contributed by atoms with Crippen molar-refractivity contribution in [2.45, 2.75) is 44.2 Å². The number of nitrogens with zero attached hydrogens (tertiary/aromatic N) is 1. The second-order valence-corrected chi connectivity index (χ2v) is 10.3. The number of fused-ring (bicyclic) bond motifs is 3. The van der Waals surface area contributed by atoms with Crippen molar-refractivity contribution in [1.82, 2.24) is 10.2 Å². The van der Waals surface area contributed by atoms with Crippen molar-refractivity contribution in [2.24, 2.45) is 0 Å². The lowest BCUT2D eigenvalue weighted by Gasteiger charge is -2.40. The van der Waals surface area contributed by atoms with Gasteiger partial charge in [0.05, 0.1) is 32.3 Å². The van der Waals surface area contributed by atoms with Gasteiger partial charge in [-0.1, -0.05) is 29.3 Å². The van der Waals surface area contributed by atoms with Crippen molar-refractivity contribution < 1.29 is 39.1 Å². The van der Waals surface area contributed by atoms with E-state index >= 15 is 0 Å². The largest absolute Gasteiger partial charge is 0.493 e. The van der Waals surface area contributed by atoms with E-state index < -0.39 is 36.0 Å². The minimum atomic E-state index is -1.27. The van der Waals surface area contributed by atoms with E-state index in [0.29, 0.717) is 44.8 Å². The molecule has 1 aliphatic carbocycles. The van der Waals surface area contributed by atoms with Gasteiger partial charge in [0.25, 0.3) is 0 Å². The van der Waals surface area contributed by atoms with Crippen LogP contribution in [0.1, 0.15) is 29.5 Å². The first-order chi connectivity index (χ1) is 19.2. The Hall–Kier alpha value is -2.86. The molecule has 2 aromatic rings. The number of amides is 2. The molecule has 2 aliphatic rings. The van der Waals surface area contributed by atoms with Crippen LogP contribution in [0, 0.1) is 0 Å². The fourth-order valence-electron chi connectivity index (χ4n) is 5.08. The average molecular weight is 595 g/mol. The van der Waals surface area contributed by atoms with Gasteiger partial charge < -0.3 is 39.7 Å². The normalized spacial score (nSPS) is 21.1. The molecule has 216 valence electrons. The number of hydrogen-bond acceptors (Lipinski definition) is 8. The number of carbonyl (C=O) groups excluding carboxylic acids is 2. The monoisotopic (exact) mass is 594 g/mol. The zero-order valence-corrected chi connectivity index (χ0v) is 23.6. The molecule has 4 N–H and O–H groups in total. The molecule has 0 saturated carbocycles. The van der Waals surface area contributed by atoms with Gasteiger partial charge in [0.2, 0.25) is 11.8 Å². The van der Waals surface area contributed by atoms with E-state index in [4.69, 9.17) is 37.4 Å². The summed E-state index contributed by atoms with van der Waals surface area (Å²) in [4.78, 5) is 28.3. The summed E-state index contributed by atoms with van der Waals surface area (Å²) in [5.74, 6) is -0.983. The Bertz CT molecular complexity index is 1290. The summed E-state index contributed by atoms with van der Waals surface area (Å²) >= 11 is 12.5. The maximum absolute atomic E-state index is 13.4. The summed E-state index contributed by atoms with van der Waals surface area (Å²) < 4.78 is 17.1. The maximum Gasteiger partial charge on any atom is 0.249 e. The summed E-state index contributed by atoms with van der Waals surface area (Å²) in [7, 11) is 1.45. The first kappa shape index (κ1) is 30.1. The molecular formula is C28H32Cl2N2O8. The van der Waals surface area contributed by atoms with Crippen LogP contribution in [0.25, 0.3) is 0 Å². The summed E-state index contributed by atoms with van der Waals surface area (Å²) in [6.07, 6.45) is -0.695.